The van der Waals surface area contributed by atoms with E-state index in [2.05, 4.69) is 5.32 Å². The van der Waals surface area contributed by atoms with Crippen molar-refractivity contribution in [3.63, 3.8) is 0 Å². The Balaban J connectivity index is 1.27. The van der Waals surface area contributed by atoms with E-state index in [0.29, 0.717) is 17.7 Å². The minimum atomic E-state index is -1.71. The summed E-state index contributed by atoms with van der Waals surface area (Å²) in [5, 5.41) is 23.2. The highest BCUT2D eigenvalue weighted by molar-refractivity contribution is 6.43. The number of hydrogen-bond donors (Lipinski definition) is 3. The molecule has 1 spiro atoms. The molecule has 1 atom stereocenters. The number of nitrogens with zero attached hydrogens (tertiary/aromatic N) is 1. The van der Waals surface area contributed by atoms with Crippen molar-refractivity contribution in [2.75, 3.05) is 0 Å². The molecule has 1 fully saturated rings. The second-order valence-corrected chi connectivity index (χ2v) is 8.69. The number of furan rings is 1. The summed E-state index contributed by atoms with van der Waals surface area (Å²) in [5.74, 6) is -1.05. The van der Waals surface area contributed by atoms with Gasteiger partial charge in [-0.2, -0.15) is 0 Å². The summed E-state index contributed by atoms with van der Waals surface area (Å²) < 4.78 is 7.47. The van der Waals surface area contributed by atoms with E-state index in [1.807, 2.05) is 35.0 Å². The monoisotopic (exact) mass is 406 g/mol. The van der Waals surface area contributed by atoms with E-state index >= 15 is 0 Å². The highest BCUT2D eigenvalue weighted by Crippen LogP contribution is 2.53. The minimum absolute atomic E-state index is 0.0790. The molecular formula is C22H23BN2O5. The summed E-state index contributed by atoms with van der Waals surface area (Å²) in [5.41, 5.74) is 3.07. The van der Waals surface area contributed by atoms with E-state index in [1.54, 1.807) is 12.3 Å². The van der Waals surface area contributed by atoms with Gasteiger partial charge in [0.1, 0.15) is 5.58 Å². The van der Waals surface area contributed by atoms with Crippen LogP contribution in [0.3, 0.4) is 0 Å². The number of hydrogen-bond acceptors (Lipinski definition) is 5. The van der Waals surface area contributed by atoms with E-state index in [-0.39, 0.29) is 29.9 Å². The lowest BCUT2D eigenvalue weighted by molar-refractivity contribution is -0.120. The fraction of sp³-hybridized carbons (Fsp3) is 0.364. The Kier molecular flexibility index (Phi) is 4.56. The van der Waals surface area contributed by atoms with Gasteiger partial charge in [-0.25, -0.2) is 0 Å². The van der Waals surface area contributed by atoms with Crippen molar-refractivity contribution in [1.29, 1.82) is 0 Å². The third kappa shape index (κ3) is 3.57. The van der Waals surface area contributed by atoms with Crippen LogP contribution in [0.15, 0.2) is 47.2 Å². The van der Waals surface area contributed by atoms with Gasteiger partial charge in [0.15, 0.2) is 5.78 Å². The van der Waals surface area contributed by atoms with E-state index in [0.717, 1.165) is 35.9 Å². The highest BCUT2D eigenvalue weighted by Gasteiger charge is 2.47. The molecule has 1 aliphatic carbocycles. The van der Waals surface area contributed by atoms with Crippen LogP contribution < -0.4 is 5.32 Å². The van der Waals surface area contributed by atoms with Crippen molar-refractivity contribution >= 4 is 29.8 Å². The van der Waals surface area contributed by atoms with Gasteiger partial charge in [-0.05, 0) is 47.9 Å². The lowest BCUT2D eigenvalue weighted by Gasteiger charge is -2.22. The quantitative estimate of drug-likeness (QED) is 0.543. The summed E-state index contributed by atoms with van der Waals surface area (Å²) in [6.45, 7) is 0.835. The van der Waals surface area contributed by atoms with Crippen molar-refractivity contribution < 1.29 is 24.1 Å². The van der Waals surface area contributed by atoms with E-state index < -0.39 is 13.1 Å². The predicted octanol–water partition coefficient (Wildman–Crippen LogP) is 1.88. The van der Waals surface area contributed by atoms with E-state index in [9.17, 15) is 19.6 Å². The molecule has 0 unspecified atom stereocenters. The zero-order chi connectivity index (χ0) is 20.9. The number of rotatable bonds is 6. The van der Waals surface area contributed by atoms with Gasteiger partial charge in [0.25, 0.3) is 0 Å². The molecule has 2 aliphatic rings. The number of nitrogens with one attached hydrogen (secondary N) is 1. The first-order valence-corrected chi connectivity index (χ1v) is 10.3. The smallest absolute Gasteiger partial charge is 0.464 e. The van der Waals surface area contributed by atoms with E-state index in [4.69, 9.17) is 4.42 Å². The molecule has 1 aliphatic heterocycles. The van der Waals surface area contributed by atoms with Gasteiger partial charge in [-0.1, -0.05) is 18.2 Å². The number of fused-ring (bicyclic) bond motifs is 2. The van der Waals surface area contributed by atoms with Gasteiger partial charge >= 0.3 is 7.12 Å². The molecule has 5 rings (SSSR count). The van der Waals surface area contributed by atoms with Gasteiger partial charge in [-0.3, -0.25) is 9.59 Å². The number of benzene rings is 1. The molecule has 3 aromatic rings. The normalized spacial score (nSPS) is 17.7. The highest BCUT2D eigenvalue weighted by atomic mass is 16.4. The van der Waals surface area contributed by atoms with Crippen LogP contribution in [0.4, 0.5) is 0 Å². The Labute approximate surface area is 173 Å². The maximum atomic E-state index is 12.6. The molecular weight excluding hydrogens is 383 g/mol. The van der Waals surface area contributed by atoms with Gasteiger partial charge < -0.3 is 24.3 Å². The molecule has 7 nitrogen and oxygen atoms in total. The van der Waals surface area contributed by atoms with Crippen LogP contribution in [0.5, 0.6) is 0 Å². The average Bonchev–Trinajstić information content (AvgIpc) is 3.12. The zero-order valence-corrected chi connectivity index (χ0v) is 16.5. The largest absolute Gasteiger partial charge is 0.475 e. The second-order valence-electron chi connectivity index (χ2n) is 8.69. The Morgan fingerprint density at radius 2 is 2.10 bits per heavy atom. The number of Topliss-reactive ketones (excluding diaryl/α,β-unsaturated/α-hetero) is 1. The van der Waals surface area contributed by atoms with Crippen LogP contribution in [0.1, 0.15) is 40.9 Å². The molecule has 154 valence electrons. The fourth-order valence-corrected chi connectivity index (χ4v) is 4.50. The van der Waals surface area contributed by atoms with Crippen LogP contribution in [0.2, 0.25) is 0 Å². The summed E-state index contributed by atoms with van der Waals surface area (Å²) in [6, 6.07) is 9.26. The predicted molar refractivity (Wildman–Crippen MR) is 111 cm³/mol. The van der Waals surface area contributed by atoms with Gasteiger partial charge in [-0.15, -0.1) is 0 Å². The third-order valence-corrected chi connectivity index (χ3v) is 6.31. The Hall–Kier alpha value is -2.84. The molecule has 0 radical (unpaired) electrons. The van der Waals surface area contributed by atoms with Crippen LogP contribution in [-0.2, 0) is 24.2 Å². The second kappa shape index (κ2) is 7.14. The maximum Gasteiger partial charge on any atom is 0.475 e. The lowest BCUT2D eigenvalue weighted by Crippen LogP contribution is -2.48. The van der Waals surface area contributed by atoms with Gasteiger partial charge in [0, 0.05) is 24.5 Å². The molecule has 3 heterocycles. The van der Waals surface area contributed by atoms with E-state index in [1.165, 1.54) is 0 Å². The van der Waals surface area contributed by atoms with Crippen LogP contribution >= 0.6 is 0 Å². The van der Waals surface area contributed by atoms with Crippen molar-refractivity contribution in [2.24, 2.45) is 5.41 Å². The first-order valence-electron chi connectivity index (χ1n) is 10.3. The molecule has 0 bridgehead atoms. The molecule has 0 saturated heterocycles. The summed E-state index contributed by atoms with van der Waals surface area (Å²) in [7, 11) is -1.71. The molecule has 30 heavy (non-hydrogen) atoms. The minimum Gasteiger partial charge on any atom is -0.464 e. The summed E-state index contributed by atoms with van der Waals surface area (Å²) in [6.07, 6.45) is 6.53. The average molecular weight is 406 g/mol. The molecule has 1 saturated carbocycles. The zero-order valence-electron chi connectivity index (χ0n) is 16.5. The number of aromatic nitrogens is 1. The van der Waals surface area contributed by atoms with Crippen molar-refractivity contribution in [1.82, 2.24) is 9.88 Å². The molecule has 1 amide bonds. The Morgan fingerprint density at radius 3 is 2.87 bits per heavy atom. The molecule has 1 aromatic carbocycles. The SMILES string of the molecule is O=C(Cc1cc2n(c1)CC1(CC1)CC2=O)N[C@@H](Cc1coc2ccccc12)B(O)O. The summed E-state index contributed by atoms with van der Waals surface area (Å²) >= 11 is 0. The molecule has 2 aromatic heterocycles. The topological polar surface area (TPSA) is 105 Å². The van der Waals surface area contributed by atoms with Crippen molar-refractivity contribution in [2.45, 2.75) is 44.6 Å². The number of amides is 1. The number of carbonyl (C=O) groups excluding carboxylic acids is 2. The number of carbonyl (C=O) groups is 2. The first-order chi connectivity index (χ1) is 14.4. The van der Waals surface area contributed by atoms with Crippen LogP contribution in [0, 0.1) is 5.41 Å². The molecule has 8 heteroatoms. The van der Waals surface area contributed by atoms with Crippen molar-refractivity contribution in [3.8, 4) is 0 Å². The van der Waals surface area contributed by atoms with Crippen molar-refractivity contribution in [3.05, 3.63) is 59.6 Å². The Morgan fingerprint density at radius 1 is 1.30 bits per heavy atom. The number of ketones is 1. The number of para-hydroxylation sites is 1. The van der Waals surface area contributed by atoms with Crippen LogP contribution in [0.25, 0.3) is 11.0 Å². The third-order valence-electron chi connectivity index (χ3n) is 6.31. The Bertz CT molecular complexity index is 1130. The molecule has 3 N–H and O–H groups in total. The lowest BCUT2D eigenvalue weighted by atomic mass is 9.76. The first kappa shape index (κ1) is 19.1. The van der Waals surface area contributed by atoms with Crippen LogP contribution in [-0.4, -0.2) is 39.4 Å². The maximum absolute atomic E-state index is 12.6. The summed E-state index contributed by atoms with van der Waals surface area (Å²) in [4.78, 5) is 25.0. The van der Waals surface area contributed by atoms with Gasteiger partial charge in [0.2, 0.25) is 5.91 Å². The van der Waals surface area contributed by atoms with Gasteiger partial charge in [0.05, 0.1) is 24.3 Å². The fourth-order valence-electron chi connectivity index (χ4n) is 4.50. The standard InChI is InChI=1S/C22H23BN2O5/c26-18-10-22(5-6-22)13-25-11-14(7-17(18)25)8-21(27)24-20(23(28)29)9-15-12-30-19-4-2-1-3-16(15)19/h1-4,7,11-12,20,28-29H,5-6,8-10,13H2,(H,24,27)/t20-/m0/s1.